The molecular weight excluding hydrogens is 235 g/mol. The first-order valence-corrected chi connectivity index (χ1v) is 5.78. The third-order valence-electron chi connectivity index (χ3n) is 2.84. The van der Waals surface area contributed by atoms with Gasteiger partial charge in [0.2, 0.25) is 5.91 Å². The molecular formula is C13H13FN2O2. The minimum Gasteiger partial charge on any atom is -0.368 e. The number of carbonyl (C=O) groups excluding carboxylic acids is 1. The molecule has 0 aromatic heterocycles. The molecule has 18 heavy (non-hydrogen) atoms. The molecule has 1 amide bonds. The monoisotopic (exact) mass is 248 g/mol. The van der Waals surface area contributed by atoms with Crippen LogP contribution in [0.4, 0.5) is 4.39 Å². The third kappa shape index (κ3) is 2.84. The Labute approximate surface area is 104 Å². The van der Waals surface area contributed by atoms with Gasteiger partial charge in [0.1, 0.15) is 18.0 Å². The Morgan fingerprint density at radius 1 is 1.50 bits per heavy atom. The van der Waals surface area contributed by atoms with Gasteiger partial charge in [0, 0.05) is 6.61 Å². The highest BCUT2D eigenvalue weighted by Crippen LogP contribution is 2.16. The van der Waals surface area contributed by atoms with E-state index in [4.69, 9.17) is 10.00 Å². The number of halogens is 1. The Balaban J connectivity index is 2.03. The molecule has 1 aliphatic rings. The zero-order valence-electron chi connectivity index (χ0n) is 9.73. The summed E-state index contributed by atoms with van der Waals surface area (Å²) in [6.45, 7) is 0.575. The van der Waals surface area contributed by atoms with Crippen LogP contribution in [0.2, 0.25) is 0 Å². The molecule has 1 heterocycles. The van der Waals surface area contributed by atoms with E-state index in [1.165, 1.54) is 24.3 Å². The Morgan fingerprint density at radius 2 is 2.22 bits per heavy atom. The van der Waals surface area contributed by atoms with Crippen LogP contribution in [0.3, 0.4) is 0 Å². The van der Waals surface area contributed by atoms with Crippen LogP contribution in [0.1, 0.15) is 24.4 Å². The first kappa shape index (κ1) is 12.5. The number of hydrogen-bond acceptors (Lipinski definition) is 3. The van der Waals surface area contributed by atoms with Crippen LogP contribution in [-0.2, 0) is 9.53 Å². The molecule has 1 aromatic carbocycles. The fraction of sp³-hybridized carbons (Fsp3) is 0.385. The lowest BCUT2D eigenvalue weighted by atomic mass is 10.1. The second kappa shape index (κ2) is 5.61. The minimum atomic E-state index is -0.776. The number of rotatable bonds is 3. The lowest BCUT2D eigenvalue weighted by molar-refractivity contribution is -0.130. The standard InChI is InChI=1S/C13H13FN2O2/c14-10-5-3-9(4-6-10)11(8-15)16-13(17)12-2-1-7-18-12/h3-6,11-12H,1-2,7H2,(H,16,17). The van der Waals surface area contributed by atoms with Gasteiger partial charge in [-0.2, -0.15) is 5.26 Å². The van der Waals surface area contributed by atoms with Crippen LogP contribution in [0.5, 0.6) is 0 Å². The highest BCUT2D eigenvalue weighted by atomic mass is 19.1. The zero-order chi connectivity index (χ0) is 13.0. The molecule has 1 aliphatic heterocycles. The molecule has 0 aliphatic carbocycles. The number of nitrogens with zero attached hydrogens (tertiary/aromatic N) is 1. The molecule has 5 heteroatoms. The van der Waals surface area contributed by atoms with E-state index in [0.29, 0.717) is 18.6 Å². The Morgan fingerprint density at radius 3 is 2.78 bits per heavy atom. The molecule has 94 valence electrons. The lowest BCUT2D eigenvalue weighted by Crippen LogP contribution is -2.36. The van der Waals surface area contributed by atoms with Gasteiger partial charge in [0.05, 0.1) is 6.07 Å². The second-order valence-corrected chi connectivity index (χ2v) is 4.12. The predicted molar refractivity (Wildman–Crippen MR) is 61.9 cm³/mol. The number of amides is 1. The SMILES string of the molecule is N#CC(NC(=O)C1CCCO1)c1ccc(F)cc1. The summed E-state index contributed by atoms with van der Waals surface area (Å²) in [5.74, 6) is -0.663. The number of nitrogens with one attached hydrogen (secondary N) is 1. The van der Waals surface area contributed by atoms with E-state index in [1.807, 2.05) is 6.07 Å². The van der Waals surface area contributed by atoms with Gasteiger partial charge in [-0.05, 0) is 30.5 Å². The van der Waals surface area contributed by atoms with Gasteiger partial charge in [0.25, 0.3) is 0 Å². The van der Waals surface area contributed by atoms with E-state index < -0.39 is 12.1 Å². The molecule has 0 bridgehead atoms. The first-order chi connectivity index (χ1) is 8.70. The van der Waals surface area contributed by atoms with Crippen molar-refractivity contribution < 1.29 is 13.9 Å². The van der Waals surface area contributed by atoms with Gasteiger partial charge in [-0.25, -0.2) is 4.39 Å². The van der Waals surface area contributed by atoms with E-state index in [2.05, 4.69) is 5.32 Å². The summed E-state index contributed by atoms with van der Waals surface area (Å²) in [5.41, 5.74) is 0.560. The van der Waals surface area contributed by atoms with Crippen molar-refractivity contribution in [2.75, 3.05) is 6.61 Å². The van der Waals surface area contributed by atoms with Gasteiger partial charge in [-0.1, -0.05) is 12.1 Å². The van der Waals surface area contributed by atoms with E-state index in [-0.39, 0.29) is 11.7 Å². The van der Waals surface area contributed by atoms with Crippen molar-refractivity contribution in [3.63, 3.8) is 0 Å². The summed E-state index contributed by atoms with van der Waals surface area (Å²) in [6.07, 6.45) is 1.06. The maximum atomic E-state index is 12.8. The maximum Gasteiger partial charge on any atom is 0.250 e. The normalized spacial score (nSPS) is 20.1. The van der Waals surface area contributed by atoms with Gasteiger partial charge in [-0.15, -0.1) is 0 Å². The molecule has 2 rings (SSSR count). The summed E-state index contributed by atoms with van der Waals surface area (Å²) in [7, 11) is 0. The van der Waals surface area contributed by atoms with Crippen LogP contribution in [0.25, 0.3) is 0 Å². The fourth-order valence-electron chi connectivity index (χ4n) is 1.87. The zero-order valence-corrected chi connectivity index (χ0v) is 9.73. The first-order valence-electron chi connectivity index (χ1n) is 5.78. The predicted octanol–water partition coefficient (Wildman–Crippen LogP) is 1.69. The summed E-state index contributed by atoms with van der Waals surface area (Å²) in [6, 6.07) is 6.70. The van der Waals surface area contributed by atoms with Crippen LogP contribution < -0.4 is 5.32 Å². The van der Waals surface area contributed by atoms with E-state index >= 15 is 0 Å². The number of benzene rings is 1. The van der Waals surface area contributed by atoms with Crippen LogP contribution >= 0.6 is 0 Å². The van der Waals surface area contributed by atoms with Crippen molar-refractivity contribution >= 4 is 5.91 Å². The Bertz CT molecular complexity index is 461. The van der Waals surface area contributed by atoms with Gasteiger partial charge in [0.15, 0.2) is 0 Å². The second-order valence-electron chi connectivity index (χ2n) is 4.12. The van der Waals surface area contributed by atoms with Crippen molar-refractivity contribution in [3.8, 4) is 6.07 Å². The topological polar surface area (TPSA) is 62.1 Å². The molecule has 1 fully saturated rings. The molecule has 1 saturated heterocycles. The average molecular weight is 248 g/mol. The minimum absolute atomic E-state index is 0.289. The van der Waals surface area contributed by atoms with E-state index in [9.17, 15) is 9.18 Å². The van der Waals surface area contributed by atoms with Crippen molar-refractivity contribution in [2.24, 2.45) is 0 Å². The Kier molecular flexibility index (Phi) is 3.90. The van der Waals surface area contributed by atoms with Gasteiger partial charge >= 0.3 is 0 Å². The lowest BCUT2D eigenvalue weighted by Gasteiger charge is -2.15. The van der Waals surface area contributed by atoms with E-state index in [0.717, 1.165) is 6.42 Å². The molecule has 0 spiro atoms. The summed E-state index contributed by atoms with van der Waals surface area (Å²) in [4.78, 5) is 11.8. The third-order valence-corrected chi connectivity index (χ3v) is 2.84. The quantitative estimate of drug-likeness (QED) is 0.885. The number of ether oxygens (including phenoxy) is 1. The molecule has 1 aromatic rings. The summed E-state index contributed by atoms with van der Waals surface area (Å²) >= 11 is 0. The van der Waals surface area contributed by atoms with Gasteiger partial charge < -0.3 is 10.1 Å². The number of hydrogen-bond donors (Lipinski definition) is 1. The number of nitriles is 1. The summed E-state index contributed by atoms with van der Waals surface area (Å²) in [5, 5.41) is 11.6. The highest BCUT2D eigenvalue weighted by Gasteiger charge is 2.25. The summed E-state index contributed by atoms with van der Waals surface area (Å²) < 4.78 is 18.0. The molecule has 4 nitrogen and oxygen atoms in total. The molecule has 0 saturated carbocycles. The Hall–Kier alpha value is -1.93. The van der Waals surface area contributed by atoms with Crippen LogP contribution in [0, 0.1) is 17.1 Å². The largest absolute Gasteiger partial charge is 0.368 e. The van der Waals surface area contributed by atoms with Crippen LogP contribution in [-0.4, -0.2) is 18.6 Å². The van der Waals surface area contributed by atoms with Crippen molar-refractivity contribution in [3.05, 3.63) is 35.6 Å². The smallest absolute Gasteiger partial charge is 0.250 e. The number of carbonyl (C=O) groups is 1. The van der Waals surface area contributed by atoms with Gasteiger partial charge in [-0.3, -0.25) is 4.79 Å². The van der Waals surface area contributed by atoms with Crippen LogP contribution in [0.15, 0.2) is 24.3 Å². The fourth-order valence-corrected chi connectivity index (χ4v) is 1.87. The molecule has 1 N–H and O–H groups in total. The maximum absolute atomic E-state index is 12.8. The molecule has 2 atom stereocenters. The average Bonchev–Trinajstić information content (AvgIpc) is 2.91. The van der Waals surface area contributed by atoms with Crippen molar-refractivity contribution in [2.45, 2.75) is 25.0 Å². The molecule has 2 unspecified atom stereocenters. The highest BCUT2D eigenvalue weighted by molar-refractivity contribution is 5.81. The van der Waals surface area contributed by atoms with Crippen molar-refractivity contribution in [1.29, 1.82) is 5.26 Å². The van der Waals surface area contributed by atoms with E-state index in [1.54, 1.807) is 0 Å². The van der Waals surface area contributed by atoms with Crippen molar-refractivity contribution in [1.82, 2.24) is 5.32 Å². The molecule has 0 radical (unpaired) electrons.